The quantitative estimate of drug-likeness (QED) is 0.871. The van der Waals surface area contributed by atoms with Gasteiger partial charge < -0.3 is 15.1 Å². The first-order chi connectivity index (χ1) is 10.1. The molecule has 1 atom stereocenters. The third kappa shape index (κ3) is 3.97. The summed E-state index contributed by atoms with van der Waals surface area (Å²) in [7, 11) is 3.78. The molecule has 4 nitrogen and oxygen atoms in total. The van der Waals surface area contributed by atoms with Crippen molar-refractivity contribution in [3.63, 3.8) is 0 Å². The molecule has 0 aliphatic carbocycles. The van der Waals surface area contributed by atoms with Crippen molar-refractivity contribution >= 4 is 11.6 Å². The van der Waals surface area contributed by atoms with Crippen LogP contribution in [0.2, 0.25) is 0 Å². The molecule has 0 bridgehead atoms. The van der Waals surface area contributed by atoms with Crippen molar-refractivity contribution in [3.8, 4) is 0 Å². The number of anilines is 1. The van der Waals surface area contributed by atoms with E-state index in [1.54, 1.807) is 0 Å². The third-order valence-electron chi connectivity index (χ3n) is 4.15. The smallest absolute Gasteiger partial charge is 0.226 e. The molecule has 1 saturated heterocycles. The Balaban J connectivity index is 2.06. The minimum atomic E-state index is 0.0129. The molecule has 2 rings (SSSR count). The number of hydrogen-bond donors (Lipinski definition) is 1. The van der Waals surface area contributed by atoms with Crippen LogP contribution in [0.3, 0.4) is 0 Å². The Hall–Kier alpha value is -1.55. The molecule has 1 aromatic rings. The molecule has 1 fully saturated rings. The van der Waals surface area contributed by atoms with Gasteiger partial charge in [-0.2, -0.15) is 0 Å². The Bertz CT molecular complexity index is 469. The Morgan fingerprint density at radius 1 is 1.33 bits per heavy atom. The molecule has 1 amide bonds. The van der Waals surface area contributed by atoms with E-state index in [9.17, 15) is 4.79 Å². The summed E-state index contributed by atoms with van der Waals surface area (Å²) in [5, 5.41) is 3.07. The van der Waals surface area contributed by atoms with E-state index in [2.05, 4.69) is 34.5 Å². The first-order valence-corrected chi connectivity index (χ1v) is 7.86. The minimum absolute atomic E-state index is 0.0129. The highest BCUT2D eigenvalue weighted by atomic mass is 16.2. The summed E-state index contributed by atoms with van der Waals surface area (Å²) in [5.74, 6) is 0.208. The summed E-state index contributed by atoms with van der Waals surface area (Å²) in [4.78, 5) is 16.6. The molecule has 116 valence electrons. The summed E-state index contributed by atoms with van der Waals surface area (Å²) in [5.41, 5.74) is 2.53. The van der Waals surface area contributed by atoms with Crippen molar-refractivity contribution in [2.75, 3.05) is 38.6 Å². The van der Waals surface area contributed by atoms with Crippen LogP contribution in [0.25, 0.3) is 0 Å². The van der Waals surface area contributed by atoms with Gasteiger partial charge in [-0.3, -0.25) is 4.79 Å². The predicted octanol–water partition coefficient (Wildman–Crippen LogP) is 2.10. The van der Waals surface area contributed by atoms with Gasteiger partial charge in [0.25, 0.3) is 0 Å². The molecule has 21 heavy (non-hydrogen) atoms. The molecule has 4 heteroatoms. The fourth-order valence-corrected chi connectivity index (χ4v) is 3.01. The second kappa shape index (κ2) is 7.46. The molecular weight excluding hydrogens is 262 g/mol. The highest BCUT2D eigenvalue weighted by Crippen LogP contribution is 2.25. The lowest BCUT2D eigenvalue weighted by Crippen LogP contribution is -2.36. The van der Waals surface area contributed by atoms with E-state index in [1.165, 1.54) is 24.1 Å². The highest BCUT2D eigenvalue weighted by Gasteiger charge is 2.20. The molecule has 1 unspecified atom stereocenters. The largest absolute Gasteiger partial charge is 0.371 e. The van der Waals surface area contributed by atoms with Crippen molar-refractivity contribution in [1.29, 1.82) is 0 Å². The highest BCUT2D eigenvalue weighted by molar-refractivity contribution is 5.78. The van der Waals surface area contributed by atoms with Crippen LogP contribution in [0.1, 0.15) is 25.3 Å². The van der Waals surface area contributed by atoms with Crippen LogP contribution in [0.5, 0.6) is 0 Å². The maximum absolute atomic E-state index is 12.3. The first kappa shape index (κ1) is 15.8. The zero-order valence-corrected chi connectivity index (χ0v) is 13.4. The van der Waals surface area contributed by atoms with E-state index in [0.29, 0.717) is 6.54 Å². The summed E-state index contributed by atoms with van der Waals surface area (Å²) < 4.78 is 0. The molecule has 1 aliphatic rings. The lowest BCUT2D eigenvalue weighted by molar-refractivity contribution is -0.134. The van der Waals surface area contributed by atoms with E-state index in [1.807, 2.05) is 25.9 Å². The summed E-state index contributed by atoms with van der Waals surface area (Å²) in [6.07, 6.45) is 2.53. The molecule has 1 aliphatic heterocycles. The molecule has 1 N–H and O–H groups in total. The molecule has 1 heterocycles. The molecule has 0 saturated carbocycles. The van der Waals surface area contributed by atoms with Crippen molar-refractivity contribution in [1.82, 2.24) is 10.2 Å². The number of benzene rings is 1. The average Bonchev–Trinajstić information content (AvgIpc) is 3.01. The lowest BCUT2D eigenvalue weighted by Gasteiger charge is -2.26. The van der Waals surface area contributed by atoms with Gasteiger partial charge in [-0.25, -0.2) is 0 Å². The van der Waals surface area contributed by atoms with Crippen molar-refractivity contribution in [2.24, 2.45) is 5.92 Å². The molecule has 0 aromatic heterocycles. The Labute approximate surface area is 128 Å². The van der Waals surface area contributed by atoms with Crippen LogP contribution in [0.15, 0.2) is 24.3 Å². The van der Waals surface area contributed by atoms with E-state index < -0.39 is 0 Å². The van der Waals surface area contributed by atoms with Gasteiger partial charge in [-0.05, 0) is 31.5 Å². The van der Waals surface area contributed by atoms with Gasteiger partial charge in [0.1, 0.15) is 0 Å². The second-order valence-electron chi connectivity index (χ2n) is 5.98. The Kier molecular flexibility index (Phi) is 5.62. The topological polar surface area (TPSA) is 35.6 Å². The zero-order chi connectivity index (χ0) is 15.2. The number of carbonyl (C=O) groups is 1. The van der Waals surface area contributed by atoms with Crippen molar-refractivity contribution in [3.05, 3.63) is 29.8 Å². The van der Waals surface area contributed by atoms with E-state index in [0.717, 1.165) is 19.6 Å². The number of para-hydroxylation sites is 1. The van der Waals surface area contributed by atoms with E-state index in [-0.39, 0.29) is 11.8 Å². The van der Waals surface area contributed by atoms with Crippen LogP contribution < -0.4 is 10.2 Å². The zero-order valence-electron chi connectivity index (χ0n) is 13.4. The monoisotopic (exact) mass is 289 g/mol. The SMILES string of the molecule is CNCC(C)C(=O)N(C)Cc1ccccc1N1CCCC1. The van der Waals surface area contributed by atoms with Crippen molar-refractivity contribution in [2.45, 2.75) is 26.3 Å². The fourth-order valence-electron chi connectivity index (χ4n) is 3.01. The number of amides is 1. The standard InChI is InChI=1S/C17H27N3O/c1-14(12-18-2)17(21)19(3)13-15-8-4-5-9-16(15)20-10-6-7-11-20/h4-5,8-9,14,18H,6-7,10-13H2,1-3H3. The second-order valence-corrected chi connectivity index (χ2v) is 5.98. The maximum Gasteiger partial charge on any atom is 0.226 e. The minimum Gasteiger partial charge on any atom is -0.371 e. The maximum atomic E-state index is 12.3. The summed E-state index contributed by atoms with van der Waals surface area (Å²) in [6.45, 7) is 5.63. The fraction of sp³-hybridized carbons (Fsp3) is 0.588. The van der Waals surface area contributed by atoms with Gasteiger partial charge in [0.15, 0.2) is 0 Å². The first-order valence-electron chi connectivity index (χ1n) is 7.86. The van der Waals surface area contributed by atoms with Gasteiger partial charge in [0, 0.05) is 44.8 Å². The number of hydrogen-bond acceptors (Lipinski definition) is 3. The summed E-state index contributed by atoms with van der Waals surface area (Å²) in [6, 6.07) is 8.46. The Morgan fingerprint density at radius 3 is 2.67 bits per heavy atom. The van der Waals surface area contributed by atoms with Gasteiger partial charge in [0.05, 0.1) is 0 Å². The number of nitrogens with zero attached hydrogens (tertiary/aromatic N) is 2. The third-order valence-corrected chi connectivity index (χ3v) is 4.15. The number of nitrogens with one attached hydrogen (secondary N) is 1. The average molecular weight is 289 g/mol. The van der Waals surface area contributed by atoms with Crippen LogP contribution >= 0.6 is 0 Å². The van der Waals surface area contributed by atoms with Gasteiger partial charge in [-0.15, -0.1) is 0 Å². The predicted molar refractivity (Wildman–Crippen MR) is 87.5 cm³/mol. The van der Waals surface area contributed by atoms with E-state index >= 15 is 0 Å². The van der Waals surface area contributed by atoms with Crippen molar-refractivity contribution < 1.29 is 4.79 Å². The normalized spacial score (nSPS) is 16.0. The van der Waals surface area contributed by atoms with Crippen LogP contribution in [0.4, 0.5) is 5.69 Å². The van der Waals surface area contributed by atoms with E-state index in [4.69, 9.17) is 0 Å². The Morgan fingerprint density at radius 2 is 2.00 bits per heavy atom. The summed E-state index contributed by atoms with van der Waals surface area (Å²) >= 11 is 0. The molecule has 1 aromatic carbocycles. The van der Waals surface area contributed by atoms with Gasteiger partial charge in [-0.1, -0.05) is 25.1 Å². The van der Waals surface area contributed by atoms with Gasteiger partial charge in [0.2, 0.25) is 5.91 Å². The van der Waals surface area contributed by atoms with Gasteiger partial charge >= 0.3 is 0 Å². The number of rotatable bonds is 6. The van der Waals surface area contributed by atoms with Crippen LogP contribution in [-0.2, 0) is 11.3 Å². The van der Waals surface area contributed by atoms with Crippen LogP contribution in [-0.4, -0.2) is 44.5 Å². The van der Waals surface area contributed by atoms with Crippen LogP contribution in [0, 0.1) is 5.92 Å². The molecular formula is C17H27N3O. The number of carbonyl (C=O) groups excluding carboxylic acids is 1. The lowest BCUT2D eigenvalue weighted by atomic mass is 10.1. The molecule has 0 radical (unpaired) electrons. The molecule has 0 spiro atoms.